The van der Waals surface area contributed by atoms with Gasteiger partial charge in [-0.2, -0.15) is 0 Å². The Morgan fingerprint density at radius 1 is 1.57 bits per heavy atom. The summed E-state index contributed by atoms with van der Waals surface area (Å²) in [5, 5.41) is 2.58. The predicted octanol–water partition coefficient (Wildman–Crippen LogP) is 0.507. The van der Waals surface area contributed by atoms with Crippen LogP contribution in [0.4, 0.5) is 0 Å². The molecule has 5 heteroatoms. The van der Waals surface area contributed by atoms with E-state index in [1.165, 1.54) is 0 Å². The molecule has 0 unspecified atom stereocenters. The van der Waals surface area contributed by atoms with Crippen molar-refractivity contribution in [1.82, 2.24) is 10.2 Å². The highest BCUT2D eigenvalue weighted by molar-refractivity contribution is 9.10. The van der Waals surface area contributed by atoms with Crippen molar-refractivity contribution < 1.29 is 9.59 Å². The van der Waals surface area contributed by atoms with Crippen LogP contribution in [0.2, 0.25) is 0 Å². The number of nitrogens with zero attached hydrogens (tertiary/aromatic N) is 1. The lowest BCUT2D eigenvalue weighted by Crippen LogP contribution is -2.46. The van der Waals surface area contributed by atoms with E-state index in [-0.39, 0.29) is 22.7 Å². The van der Waals surface area contributed by atoms with Gasteiger partial charge in [0.25, 0.3) is 0 Å². The van der Waals surface area contributed by atoms with E-state index < -0.39 is 0 Å². The first-order valence-corrected chi connectivity index (χ1v) is 5.65. The van der Waals surface area contributed by atoms with Gasteiger partial charge in [0.15, 0.2) is 0 Å². The molecule has 4 nitrogen and oxygen atoms in total. The zero-order valence-corrected chi connectivity index (χ0v) is 10.0. The lowest BCUT2D eigenvalue weighted by molar-refractivity contribution is -0.137. The maximum Gasteiger partial charge on any atom is 0.242 e. The van der Waals surface area contributed by atoms with E-state index in [4.69, 9.17) is 0 Å². The number of likely N-dealkylation sites (N-methyl/N-ethyl adjacent to an activating group) is 1. The van der Waals surface area contributed by atoms with Crippen molar-refractivity contribution in [3.05, 3.63) is 0 Å². The Kier molecular flexibility index (Phi) is 3.92. The van der Waals surface area contributed by atoms with Crippen LogP contribution in [0.3, 0.4) is 0 Å². The van der Waals surface area contributed by atoms with Gasteiger partial charge in [-0.25, -0.2) is 0 Å². The van der Waals surface area contributed by atoms with Crippen LogP contribution in [0.5, 0.6) is 0 Å². The second-order valence-corrected chi connectivity index (χ2v) is 4.79. The van der Waals surface area contributed by atoms with Crippen molar-refractivity contribution in [2.75, 3.05) is 13.6 Å². The Balaban J connectivity index is 2.68. The molecule has 0 aromatic rings. The molecular formula is C9H15BrN2O2. The Bertz CT molecular complexity index is 243. The molecule has 0 aliphatic carbocycles. The molecule has 1 fully saturated rings. The van der Waals surface area contributed by atoms with Gasteiger partial charge in [0, 0.05) is 13.6 Å². The molecule has 0 aromatic carbocycles. The third-order valence-corrected chi connectivity index (χ3v) is 2.82. The molecule has 1 N–H and O–H groups in total. The number of alkyl halides is 1. The zero-order chi connectivity index (χ0) is 10.7. The molecule has 1 saturated heterocycles. The van der Waals surface area contributed by atoms with Crippen LogP contribution < -0.4 is 5.32 Å². The fourth-order valence-electron chi connectivity index (χ4n) is 1.70. The van der Waals surface area contributed by atoms with Crippen molar-refractivity contribution in [2.24, 2.45) is 0 Å². The van der Waals surface area contributed by atoms with Crippen LogP contribution in [0.1, 0.15) is 19.8 Å². The second-order valence-electron chi connectivity index (χ2n) is 3.42. The number of rotatable bonds is 2. The first-order chi connectivity index (χ1) is 6.57. The number of amides is 2. The van der Waals surface area contributed by atoms with Gasteiger partial charge in [-0.1, -0.05) is 15.9 Å². The highest BCUT2D eigenvalue weighted by Crippen LogP contribution is 2.19. The minimum atomic E-state index is -0.271. The van der Waals surface area contributed by atoms with Crippen molar-refractivity contribution in [1.29, 1.82) is 0 Å². The summed E-state index contributed by atoms with van der Waals surface area (Å²) in [6.07, 6.45) is 1.68. The Morgan fingerprint density at radius 3 is 2.71 bits per heavy atom. The van der Waals surface area contributed by atoms with E-state index in [1.54, 1.807) is 18.9 Å². The van der Waals surface area contributed by atoms with E-state index in [0.717, 1.165) is 12.8 Å². The molecule has 2 amide bonds. The van der Waals surface area contributed by atoms with E-state index in [2.05, 4.69) is 21.2 Å². The van der Waals surface area contributed by atoms with Crippen molar-refractivity contribution >= 4 is 27.7 Å². The van der Waals surface area contributed by atoms with Gasteiger partial charge in [0.05, 0.1) is 4.83 Å². The molecule has 2 atom stereocenters. The molecule has 80 valence electrons. The molecule has 0 saturated carbocycles. The molecule has 1 aliphatic rings. The third-order valence-electron chi connectivity index (χ3n) is 2.43. The summed E-state index contributed by atoms with van der Waals surface area (Å²) in [6.45, 7) is 2.47. The molecule has 1 rings (SSSR count). The van der Waals surface area contributed by atoms with Crippen molar-refractivity contribution in [3.63, 3.8) is 0 Å². The molecule has 0 bridgehead atoms. The minimum absolute atomic E-state index is 0.00361. The predicted molar refractivity (Wildman–Crippen MR) is 57.2 cm³/mol. The average Bonchev–Trinajstić information content (AvgIpc) is 2.63. The molecule has 1 aliphatic heterocycles. The fourth-order valence-corrected chi connectivity index (χ4v) is 1.96. The Morgan fingerprint density at radius 2 is 2.21 bits per heavy atom. The molecule has 0 aromatic heterocycles. The summed E-state index contributed by atoms with van der Waals surface area (Å²) >= 11 is 3.23. The maximum atomic E-state index is 11.7. The number of halogens is 1. The van der Waals surface area contributed by atoms with Crippen LogP contribution >= 0.6 is 15.9 Å². The minimum Gasteiger partial charge on any atom is -0.357 e. The van der Waals surface area contributed by atoms with Gasteiger partial charge in [0.2, 0.25) is 11.8 Å². The number of likely N-dealkylation sites (tertiary alicyclic amines) is 1. The van der Waals surface area contributed by atoms with E-state index in [9.17, 15) is 9.59 Å². The summed E-state index contributed by atoms with van der Waals surface area (Å²) in [7, 11) is 1.60. The highest BCUT2D eigenvalue weighted by Gasteiger charge is 2.34. The SMILES string of the molecule is CNC(=O)[C@H]1CCCN1C(=O)[C@H](C)Br. The smallest absolute Gasteiger partial charge is 0.242 e. The summed E-state index contributed by atoms with van der Waals surface area (Å²) in [5.41, 5.74) is 0. The fraction of sp³-hybridized carbons (Fsp3) is 0.778. The zero-order valence-electron chi connectivity index (χ0n) is 8.42. The molecule has 0 radical (unpaired) electrons. The topological polar surface area (TPSA) is 49.4 Å². The second kappa shape index (κ2) is 4.77. The largest absolute Gasteiger partial charge is 0.357 e. The van der Waals surface area contributed by atoms with Gasteiger partial charge in [-0.15, -0.1) is 0 Å². The van der Waals surface area contributed by atoms with Gasteiger partial charge in [-0.3, -0.25) is 9.59 Å². The van der Waals surface area contributed by atoms with Gasteiger partial charge in [0.1, 0.15) is 6.04 Å². The van der Waals surface area contributed by atoms with E-state index >= 15 is 0 Å². The lowest BCUT2D eigenvalue weighted by Gasteiger charge is -2.24. The lowest BCUT2D eigenvalue weighted by atomic mass is 10.2. The van der Waals surface area contributed by atoms with Crippen LogP contribution in [0.25, 0.3) is 0 Å². The summed E-state index contributed by atoms with van der Waals surface area (Å²) in [5.74, 6) is -0.0694. The monoisotopic (exact) mass is 262 g/mol. The standard InChI is InChI=1S/C9H15BrN2O2/c1-6(10)9(14)12-5-3-4-7(12)8(13)11-2/h6-7H,3-5H2,1-2H3,(H,11,13)/t6-,7+/m0/s1. The average molecular weight is 263 g/mol. The summed E-state index contributed by atoms with van der Waals surface area (Å²) in [6, 6.07) is -0.271. The molecule has 14 heavy (non-hydrogen) atoms. The number of nitrogens with one attached hydrogen (secondary N) is 1. The number of hydrogen-bond donors (Lipinski definition) is 1. The van der Waals surface area contributed by atoms with Crippen LogP contribution in [0, 0.1) is 0 Å². The third kappa shape index (κ3) is 2.26. The maximum absolute atomic E-state index is 11.7. The van der Waals surface area contributed by atoms with Crippen molar-refractivity contribution in [3.8, 4) is 0 Å². The van der Waals surface area contributed by atoms with Gasteiger partial charge >= 0.3 is 0 Å². The van der Waals surface area contributed by atoms with Crippen molar-refractivity contribution in [2.45, 2.75) is 30.6 Å². The number of carbonyl (C=O) groups excluding carboxylic acids is 2. The number of carbonyl (C=O) groups is 2. The van der Waals surface area contributed by atoms with Crippen LogP contribution in [-0.4, -0.2) is 41.2 Å². The van der Waals surface area contributed by atoms with Crippen LogP contribution in [0.15, 0.2) is 0 Å². The quantitative estimate of drug-likeness (QED) is 0.738. The Hall–Kier alpha value is -0.580. The molecule has 1 heterocycles. The first-order valence-electron chi connectivity index (χ1n) is 4.74. The molecular weight excluding hydrogens is 248 g/mol. The normalized spacial score (nSPS) is 23.4. The number of hydrogen-bond acceptors (Lipinski definition) is 2. The van der Waals surface area contributed by atoms with Gasteiger partial charge in [-0.05, 0) is 19.8 Å². The van der Waals surface area contributed by atoms with E-state index in [1.807, 2.05) is 0 Å². The highest BCUT2D eigenvalue weighted by atomic mass is 79.9. The molecule has 0 spiro atoms. The van der Waals surface area contributed by atoms with E-state index in [0.29, 0.717) is 6.54 Å². The first kappa shape index (κ1) is 11.5. The summed E-state index contributed by atoms with van der Waals surface area (Å²) < 4.78 is 0. The van der Waals surface area contributed by atoms with Gasteiger partial charge < -0.3 is 10.2 Å². The van der Waals surface area contributed by atoms with Crippen LogP contribution in [-0.2, 0) is 9.59 Å². The summed E-state index contributed by atoms with van der Waals surface area (Å²) in [4.78, 5) is 24.5. The Labute approximate surface area is 92.2 Å².